The van der Waals surface area contributed by atoms with Gasteiger partial charge >= 0.3 is 0 Å². The van der Waals surface area contributed by atoms with Crippen molar-refractivity contribution in [3.8, 4) is 0 Å². The Balaban J connectivity index is 0.00000392. The fraction of sp³-hybridized carbons (Fsp3) is 0.579. The lowest BCUT2D eigenvalue weighted by atomic mass is 10.0. The zero-order valence-electron chi connectivity index (χ0n) is 16.8. The van der Waals surface area contributed by atoms with Crippen LogP contribution in [0.25, 0.3) is 0 Å². The molecule has 1 aliphatic heterocycles. The summed E-state index contributed by atoms with van der Waals surface area (Å²) >= 11 is 0. The predicted octanol–water partition coefficient (Wildman–Crippen LogP) is 1.96. The van der Waals surface area contributed by atoms with Gasteiger partial charge in [0, 0.05) is 31.1 Å². The average molecular weight is 522 g/mol. The predicted molar refractivity (Wildman–Crippen MR) is 125 cm³/mol. The zero-order chi connectivity index (χ0) is 19.9. The molecular formula is C19H31IN4O3S. The van der Waals surface area contributed by atoms with E-state index < -0.39 is 9.84 Å². The van der Waals surface area contributed by atoms with E-state index in [0.29, 0.717) is 25.5 Å². The molecule has 2 rings (SSSR count). The number of benzene rings is 1. The second-order valence-electron chi connectivity index (χ2n) is 6.94. The second-order valence-corrected chi connectivity index (χ2v) is 9.20. The number of guanidine groups is 1. The molecule has 28 heavy (non-hydrogen) atoms. The molecule has 9 heteroatoms. The fourth-order valence-electron chi connectivity index (χ4n) is 3.04. The quantitative estimate of drug-likeness (QED) is 0.325. The number of aryl methyl sites for hydroxylation is 1. The van der Waals surface area contributed by atoms with E-state index in [0.717, 1.165) is 18.5 Å². The molecule has 1 aliphatic rings. The first-order valence-electron chi connectivity index (χ1n) is 9.41. The number of carbonyl (C=O) groups is 1. The molecule has 1 aromatic rings. The molecule has 0 bridgehead atoms. The van der Waals surface area contributed by atoms with Crippen LogP contribution in [0.2, 0.25) is 0 Å². The zero-order valence-corrected chi connectivity index (χ0v) is 19.9. The first-order chi connectivity index (χ1) is 12.8. The van der Waals surface area contributed by atoms with E-state index in [1.54, 1.807) is 4.90 Å². The van der Waals surface area contributed by atoms with Crippen LogP contribution in [0.5, 0.6) is 0 Å². The Morgan fingerprint density at radius 1 is 1.32 bits per heavy atom. The van der Waals surface area contributed by atoms with E-state index in [-0.39, 0.29) is 48.2 Å². The van der Waals surface area contributed by atoms with Crippen LogP contribution < -0.4 is 15.5 Å². The molecule has 0 aliphatic carbocycles. The largest absolute Gasteiger partial charge is 0.357 e. The Kier molecular flexibility index (Phi) is 10.2. The van der Waals surface area contributed by atoms with E-state index in [1.165, 1.54) is 11.8 Å². The SMILES string of the molecule is CCNC(=NCC(=O)N1CCCc2ccccc21)NC(C)CCS(C)(=O)=O.I. The van der Waals surface area contributed by atoms with Gasteiger partial charge in [0.15, 0.2) is 5.96 Å². The molecular weight excluding hydrogens is 491 g/mol. The number of fused-ring (bicyclic) bond motifs is 1. The molecule has 1 amide bonds. The number of nitrogens with one attached hydrogen (secondary N) is 2. The van der Waals surface area contributed by atoms with Gasteiger partial charge in [-0.25, -0.2) is 13.4 Å². The van der Waals surface area contributed by atoms with E-state index in [9.17, 15) is 13.2 Å². The Hall–Kier alpha value is -1.36. The Labute approximate surface area is 185 Å². The van der Waals surface area contributed by atoms with Crippen LogP contribution in [0.4, 0.5) is 5.69 Å². The van der Waals surface area contributed by atoms with E-state index >= 15 is 0 Å². The smallest absolute Gasteiger partial charge is 0.248 e. The maximum absolute atomic E-state index is 12.7. The van der Waals surface area contributed by atoms with Crippen LogP contribution in [0.1, 0.15) is 32.3 Å². The maximum Gasteiger partial charge on any atom is 0.248 e. The summed E-state index contributed by atoms with van der Waals surface area (Å²) in [6, 6.07) is 7.92. The number of sulfone groups is 1. The molecule has 0 radical (unpaired) electrons. The third kappa shape index (κ3) is 7.94. The van der Waals surface area contributed by atoms with Gasteiger partial charge in [0.1, 0.15) is 16.4 Å². The van der Waals surface area contributed by atoms with Gasteiger partial charge in [-0.1, -0.05) is 18.2 Å². The molecule has 1 heterocycles. The lowest BCUT2D eigenvalue weighted by molar-refractivity contribution is -0.117. The standard InChI is InChI=1S/C19H30N4O3S.HI/c1-4-20-19(22-15(2)11-13-27(3,25)26)21-14-18(24)23-12-7-9-16-8-5-6-10-17(16)23;/h5-6,8,10,15H,4,7,9,11-14H2,1-3H3,(H2,20,21,22);1H. The molecule has 0 fully saturated rings. The molecule has 1 unspecified atom stereocenters. The van der Waals surface area contributed by atoms with Crippen LogP contribution in [-0.2, 0) is 21.1 Å². The van der Waals surface area contributed by atoms with Gasteiger partial charge in [0.2, 0.25) is 5.91 Å². The molecule has 7 nitrogen and oxygen atoms in total. The number of nitrogens with zero attached hydrogens (tertiary/aromatic N) is 2. The summed E-state index contributed by atoms with van der Waals surface area (Å²) in [6.45, 7) is 5.26. The molecule has 2 N–H and O–H groups in total. The first-order valence-corrected chi connectivity index (χ1v) is 11.5. The summed E-state index contributed by atoms with van der Waals surface area (Å²) in [5.41, 5.74) is 2.17. The summed E-state index contributed by atoms with van der Waals surface area (Å²) < 4.78 is 22.6. The highest BCUT2D eigenvalue weighted by Crippen LogP contribution is 2.26. The third-order valence-electron chi connectivity index (χ3n) is 4.43. The van der Waals surface area contributed by atoms with Gasteiger partial charge < -0.3 is 15.5 Å². The summed E-state index contributed by atoms with van der Waals surface area (Å²) in [5.74, 6) is 0.602. The average Bonchev–Trinajstić information content (AvgIpc) is 2.63. The van der Waals surface area contributed by atoms with Gasteiger partial charge in [-0.2, -0.15) is 0 Å². The minimum atomic E-state index is -3.00. The van der Waals surface area contributed by atoms with Crippen molar-refractivity contribution < 1.29 is 13.2 Å². The molecule has 1 aromatic carbocycles. The number of hydrogen-bond donors (Lipinski definition) is 2. The second kappa shape index (κ2) is 11.6. The fourth-order valence-corrected chi connectivity index (χ4v) is 3.82. The van der Waals surface area contributed by atoms with Crippen molar-refractivity contribution in [2.75, 3.05) is 36.5 Å². The van der Waals surface area contributed by atoms with E-state index in [1.807, 2.05) is 32.0 Å². The normalized spacial score (nSPS) is 15.2. The number of halogens is 1. The number of anilines is 1. The highest BCUT2D eigenvalue weighted by molar-refractivity contribution is 14.0. The lowest BCUT2D eigenvalue weighted by Gasteiger charge is -2.29. The van der Waals surface area contributed by atoms with Crippen LogP contribution >= 0.6 is 24.0 Å². The van der Waals surface area contributed by atoms with Crippen molar-refractivity contribution in [2.45, 2.75) is 39.2 Å². The molecule has 0 aromatic heterocycles. The van der Waals surface area contributed by atoms with Crippen molar-refractivity contribution in [2.24, 2.45) is 4.99 Å². The highest BCUT2D eigenvalue weighted by atomic mass is 127. The number of rotatable bonds is 7. The van der Waals surface area contributed by atoms with Gasteiger partial charge in [0.05, 0.1) is 5.75 Å². The van der Waals surface area contributed by atoms with E-state index in [2.05, 4.69) is 21.7 Å². The van der Waals surface area contributed by atoms with Crippen LogP contribution in [-0.4, -0.2) is 58.0 Å². The van der Waals surface area contributed by atoms with Crippen LogP contribution in [0.3, 0.4) is 0 Å². The van der Waals surface area contributed by atoms with Gasteiger partial charge in [-0.05, 0) is 44.7 Å². The number of amides is 1. The van der Waals surface area contributed by atoms with Crippen molar-refractivity contribution >= 4 is 51.4 Å². The number of aliphatic imine (C=N–C) groups is 1. The molecule has 0 saturated heterocycles. The van der Waals surface area contributed by atoms with Gasteiger partial charge in [-0.15, -0.1) is 24.0 Å². The van der Waals surface area contributed by atoms with Gasteiger partial charge in [-0.3, -0.25) is 4.79 Å². The summed E-state index contributed by atoms with van der Waals surface area (Å²) in [6.07, 6.45) is 3.66. The summed E-state index contributed by atoms with van der Waals surface area (Å²) in [4.78, 5) is 18.9. The lowest BCUT2D eigenvalue weighted by Crippen LogP contribution is -2.44. The number of para-hydroxylation sites is 1. The molecule has 0 spiro atoms. The molecule has 0 saturated carbocycles. The first kappa shape index (κ1) is 24.7. The highest BCUT2D eigenvalue weighted by Gasteiger charge is 2.21. The monoisotopic (exact) mass is 522 g/mol. The van der Waals surface area contributed by atoms with E-state index in [4.69, 9.17) is 0 Å². The van der Waals surface area contributed by atoms with Crippen molar-refractivity contribution in [1.29, 1.82) is 0 Å². The molecule has 158 valence electrons. The third-order valence-corrected chi connectivity index (χ3v) is 5.41. The van der Waals surface area contributed by atoms with Crippen LogP contribution in [0, 0.1) is 0 Å². The van der Waals surface area contributed by atoms with Crippen LogP contribution in [0.15, 0.2) is 29.3 Å². The molecule has 1 atom stereocenters. The summed E-state index contributed by atoms with van der Waals surface area (Å²) in [5, 5.41) is 6.28. The minimum absolute atomic E-state index is 0. The maximum atomic E-state index is 12.7. The Bertz CT molecular complexity index is 783. The number of carbonyl (C=O) groups excluding carboxylic acids is 1. The topological polar surface area (TPSA) is 90.9 Å². The van der Waals surface area contributed by atoms with Crippen molar-refractivity contribution in [3.63, 3.8) is 0 Å². The van der Waals surface area contributed by atoms with Gasteiger partial charge in [0.25, 0.3) is 0 Å². The Morgan fingerprint density at radius 2 is 2.04 bits per heavy atom. The number of hydrogen-bond acceptors (Lipinski definition) is 4. The van der Waals surface area contributed by atoms with Crippen molar-refractivity contribution in [3.05, 3.63) is 29.8 Å². The Morgan fingerprint density at radius 3 is 2.71 bits per heavy atom. The summed E-state index contributed by atoms with van der Waals surface area (Å²) in [7, 11) is -3.00. The van der Waals surface area contributed by atoms with Crippen molar-refractivity contribution in [1.82, 2.24) is 10.6 Å². The minimum Gasteiger partial charge on any atom is -0.357 e.